The summed E-state index contributed by atoms with van der Waals surface area (Å²) in [6, 6.07) is 15.9. The summed E-state index contributed by atoms with van der Waals surface area (Å²) in [5.41, 5.74) is 3.48. The van der Waals surface area contributed by atoms with E-state index in [2.05, 4.69) is 0 Å². The summed E-state index contributed by atoms with van der Waals surface area (Å²) in [7, 11) is 2.82. The van der Waals surface area contributed by atoms with E-state index in [9.17, 15) is 14.4 Å². The van der Waals surface area contributed by atoms with E-state index in [0.29, 0.717) is 12.2 Å². The van der Waals surface area contributed by atoms with Gasteiger partial charge in [0, 0.05) is 13.2 Å². The van der Waals surface area contributed by atoms with Gasteiger partial charge in [0.1, 0.15) is 5.56 Å². The molecule has 0 saturated heterocycles. The molecule has 0 saturated carbocycles. The zero-order chi connectivity index (χ0) is 21.8. The molecular weight excluding hydrogens is 380 g/mol. The number of aromatic nitrogens is 1. The number of rotatable bonds is 5. The van der Waals surface area contributed by atoms with Gasteiger partial charge in [-0.25, -0.2) is 4.79 Å². The van der Waals surface area contributed by atoms with Crippen molar-refractivity contribution in [2.24, 2.45) is 0 Å². The second-order valence-corrected chi connectivity index (χ2v) is 7.16. The van der Waals surface area contributed by atoms with E-state index in [-0.39, 0.29) is 16.7 Å². The van der Waals surface area contributed by atoms with Crippen molar-refractivity contribution in [3.05, 3.63) is 99.0 Å². The highest BCUT2D eigenvalue weighted by molar-refractivity contribution is 6.09. The number of anilines is 1. The van der Waals surface area contributed by atoms with E-state index in [4.69, 9.17) is 4.74 Å². The molecule has 0 unspecified atom stereocenters. The Labute approximate surface area is 175 Å². The lowest BCUT2D eigenvalue weighted by molar-refractivity contribution is 0.0601. The number of benzene rings is 2. The van der Waals surface area contributed by atoms with Gasteiger partial charge in [-0.2, -0.15) is 0 Å². The number of carbonyl (C=O) groups is 2. The van der Waals surface area contributed by atoms with Crippen molar-refractivity contribution in [2.45, 2.75) is 20.4 Å². The lowest BCUT2D eigenvalue weighted by Crippen LogP contribution is -2.35. The van der Waals surface area contributed by atoms with Crippen LogP contribution in [0.4, 0.5) is 5.69 Å². The van der Waals surface area contributed by atoms with E-state index in [1.807, 2.05) is 32.0 Å². The molecule has 0 spiro atoms. The maximum Gasteiger partial charge on any atom is 0.339 e. The molecule has 0 bridgehead atoms. The quantitative estimate of drug-likeness (QED) is 0.610. The molecule has 0 fully saturated rings. The van der Waals surface area contributed by atoms with Gasteiger partial charge in [0.25, 0.3) is 11.5 Å². The Morgan fingerprint density at radius 1 is 1.00 bits per heavy atom. The minimum Gasteiger partial charge on any atom is -0.465 e. The molecule has 154 valence electrons. The van der Waals surface area contributed by atoms with Gasteiger partial charge in [0.05, 0.1) is 24.9 Å². The molecule has 0 aliphatic carbocycles. The van der Waals surface area contributed by atoms with E-state index in [0.717, 1.165) is 16.7 Å². The highest BCUT2D eigenvalue weighted by Crippen LogP contribution is 2.21. The molecule has 6 heteroatoms. The highest BCUT2D eigenvalue weighted by atomic mass is 16.5. The molecule has 0 atom stereocenters. The summed E-state index contributed by atoms with van der Waals surface area (Å²) < 4.78 is 6.32. The molecule has 0 radical (unpaired) electrons. The van der Waals surface area contributed by atoms with Crippen molar-refractivity contribution in [1.29, 1.82) is 0 Å². The smallest absolute Gasteiger partial charge is 0.339 e. The number of carbonyl (C=O) groups excluding carboxylic acids is 2. The Bertz CT molecular complexity index is 1160. The summed E-state index contributed by atoms with van der Waals surface area (Å²) >= 11 is 0. The number of ether oxygens (including phenoxy) is 1. The Balaban J connectivity index is 1.96. The largest absolute Gasteiger partial charge is 0.465 e. The number of hydrogen-bond donors (Lipinski definition) is 0. The van der Waals surface area contributed by atoms with Gasteiger partial charge in [-0.3, -0.25) is 9.59 Å². The standard InChI is InChI=1S/C24H24N2O4/c1-16-11-12-17(2)18(14-16)15-26-13-7-9-20(23(26)28)22(27)25(3)21-10-6-5-8-19(21)24(29)30-4/h5-14H,15H2,1-4H3. The van der Waals surface area contributed by atoms with Crippen LogP contribution in [0.2, 0.25) is 0 Å². The fraction of sp³-hybridized carbons (Fsp3) is 0.208. The molecule has 0 aliphatic rings. The van der Waals surface area contributed by atoms with E-state index in [1.54, 1.807) is 36.5 Å². The fourth-order valence-corrected chi connectivity index (χ4v) is 3.32. The van der Waals surface area contributed by atoms with Gasteiger partial charge in [-0.05, 0) is 49.2 Å². The first-order valence-corrected chi connectivity index (χ1v) is 9.54. The number of amides is 1. The van der Waals surface area contributed by atoms with Gasteiger partial charge in [0.15, 0.2) is 0 Å². The molecular formula is C24H24N2O4. The predicted octanol–water partition coefficient (Wildman–Crippen LogP) is 3.58. The average Bonchev–Trinajstić information content (AvgIpc) is 2.76. The van der Waals surface area contributed by atoms with E-state index >= 15 is 0 Å². The van der Waals surface area contributed by atoms with Crippen LogP contribution in [0.15, 0.2) is 65.6 Å². The zero-order valence-corrected chi connectivity index (χ0v) is 17.5. The van der Waals surface area contributed by atoms with Crippen molar-refractivity contribution in [3.8, 4) is 0 Å². The van der Waals surface area contributed by atoms with Crippen LogP contribution in [0.5, 0.6) is 0 Å². The first kappa shape index (κ1) is 21.0. The molecule has 6 nitrogen and oxygen atoms in total. The number of para-hydroxylation sites is 1. The number of hydrogen-bond acceptors (Lipinski definition) is 4. The molecule has 1 aromatic heterocycles. The van der Waals surface area contributed by atoms with Crippen molar-refractivity contribution in [3.63, 3.8) is 0 Å². The first-order chi connectivity index (χ1) is 14.3. The predicted molar refractivity (Wildman–Crippen MR) is 116 cm³/mol. The SMILES string of the molecule is COC(=O)c1ccccc1N(C)C(=O)c1cccn(Cc2cc(C)ccc2C)c1=O. The second-order valence-electron chi connectivity index (χ2n) is 7.16. The minimum atomic E-state index is -0.550. The van der Waals surface area contributed by atoms with Crippen molar-refractivity contribution >= 4 is 17.6 Å². The van der Waals surface area contributed by atoms with Crippen LogP contribution in [-0.4, -0.2) is 30.6 Å². The summed E-state index contributed by atoms with van der Waals surface area (Å²) in [6.07, 6.45) is 1.67. The van der Waals surface area contributed by atoms with Crippen LogP contribution in [0, 0.1) is 13.8 Å². The van der Waals surface area contributed by atoms with Crippen LogP contribution in [0.1, 0.15) is 37.4 Å². The first-order valence-electron chi connectivity index (χ1n) is 9.54. The minimum absolute atomic E-state index is 0.0324. The molecule has 0 aliphatic heterocycles. The number of pyridine rings is 1. The third kappa shape index (κ3) is 4.17. The second kappa shape index (κ2) is 8.78. The lowest BCUT2D eigenvalue weighted by Gasteiger charge is -2.20. The molecule has 1 heterocycles. The maximum atomic E-state index is 13.1. The lowest BCUT2D eigenvalue weighted by atomic mass is 10.1. The van der Waals surface area contributed by atoms with Crippen LogP contribution in [0.25, 0.3) is 0 Å². The molecule has 3 aromatic rings. The normalized spacial score (nSPS) is 10.5. The monoisotopic (exact) mass is 404 g/mol. The van der Waals surface area contributed by atoms with Gasteiger partial charge >= 0.3 is 5.97 Å². The van der Waals surface area contributed by atoms with Crippen molar-refractivity contribution < 1.29 is 14.3 Å². The van der Waals surface area contributed by atoms with Gasteiger partial charge in [0.2, 0.25) is 0 Å². The number of nitrogens with zero attached hydrogens (tertiary/aromatic N) is 2. The highest BCUT2D eigenvalue weighted by Gasteiger charge is 2.22. The Morgan fingerprint density at radius 3 is 2.43 bits per heavy atom. The number of aryl methyl sites for hydroxylation is 2. The summed E-state index contributed by atoms with van der Waals surface area (Å²) in [6.45, 7) is 4.36. The van der Waals surface area contributed by atoms with Gasteiger partial charge in [-0.1, -0.05) is 35.9 Å². The average molecular weight is 404 g/mol. The third-order valence-electron chi connectivity index (χ3n) is 5.07. The number of esters is 1. The topological polar surface area (TPSA) is 68.6 Å². The Hall–Kier alpha value is -3.67. The van der Waals surface area contributed by atoms with Gasteiger partial charge in [-0.15, -0.1) is 0 Å². The zero-order valence-electron chi connectivity index (χ0n) is 17.5. The van der Waals surface area contributed by atoms with Crippen molar-refractivity contribution in [2.75, 3.05) is 19.1 Å². The van der Waals surface area contributed by atoms with Crippen LogP contribution < -0.4 is 10.5 Å². The molecule has 0 N–H and O–H groups in total. The van der Waals surface area contributed by atoms with Crippen molar-refractivity contribution in [1.82, 2.24) is 4.57 Å². The van der Waals surface area contributed by atoms with Gasteiger partial charge < -0.3 is 14.2 Å². The van der Waals surface area contributed by atoms with Crippen LogP contribution >= 0.6 is 0 Å². The summed E-state index contributed by atoms with van der Waals surface area (Å²) in [4.78, 5) is 39.5. The fourth-order valence-electron chi connectivity index (χ4n) is 3.32. The van der Waals surface area contributed by atoms with E-state index in [1.165, 1.54) is 29.7 Å². The van der Waals surface area contributed by atoms with Crippen LogP contribution in [0.3, 0.4) is 0 Å². The summed E-state index contributed by atoms with van der Waals surface area (Å²) in [5, 5.41) is 0. The van der Waals surface area contributed by atoms with Crippen LogP contribution in [-0.2, 0) is 11.3 Å². The molecule has 30 heavy (non-hydrogen) atoms. The Morgan fingerprint density at radius 2 is 1.70 bits per heavy atom. The molecule has 1 amide bonds. The third-order valence-corrected chi connectivity index (χ3v) is 5.07. The number of methoxy groups -OCH3 is 1. The molecule has 2 aromatic carbocycles. The summed E-state index contributed by atoms with van der Waals surface area (Å²) in [5.74, 6) is -1.04. The Kier molecular flexibility index (Phi) is 6.16. The molecule has 3 rings (SSSR count). The maximum absolute atomic E-state index is 13.1. The van der Waals surface area contributed by atoms with E-state index < -0.39 is 11.9 Å².